The van der Waals surface area contributed by atoms with Crippen molar-refractivity contribution in [1.29, 1.82) is 0 Å². The summed E-state index contributed by atoms with van der Waals surface area (Å²) in [6.45, 7) is 5.00. The standard InChI is InChI=1S/C23H26FN3O/c1-25-13-14-27-20-9-11-26(12-10-22(28)16-5-7-17(24)8-6-16)15-19(20)18-3-2-4-21(25)23(18)27/h2-8,19-20H,9-15H2,1H3. The predicted molar refractivity (Wildman–Crippen MR) is 110 cm³/mol. The summed E-state index contributed by atoms with van der Waals surface area (Å²) in [7, 11) is 2.18. The molecule has 0 aliphatic carbocycles. The van der Waals surface area contributed by atoms with Crippen molar-refractivity contribution < 1.29 is 9.18 Å². The van der Waals surface area contributed by atoms with E-state index in [0.29, 0.717) is 23.9 Å². The lowest BCUT2D eigenvalue weighted by Gasteiger charge is -2.41. The zero-order chi connectivity index (χ0) is 19.3. The van der Waals surface area contributed by atoms with E-state index in [0.717, 1.165) is 39.1 Å². The van der Waals surface area contributed by atoms with Crippen LogP contribution in [0.3, 0.4) is 0 Å². The van der Waals surface area contributed by atoms with Crippen molar-refractivity contribution in [1.82, 2.24) is 4.90 Å². The molecule has 0 radical (unpaired) electrons. The number of benzene rings is 2. The third-order valence-electron chi connectivity index (χ3n) is 6.70. The molecule has 0 saturated carbocycles. The first-order valence-electron chi connectivity index (χ1n) is 10.2. The number of hydrogen-bond acceptors (Lipinski definition) is 4. The van der Waals surface area contributed by atoms with E-state index in [9.17, 15) is 9.18 Å². The number of Topliss-reactive ketones (excluding diaryl/α,β-unsaturated/α-hetero) is 1. The van der Waals surface area contributed by atoms with Crippen molar-refractivity contribution in [2.45, 2.75) is 24.8 Å². The van der Waals surface area contributed by atoms with Gasteiger partial charge in [-0.2, -0.15) is 0 Å². The highest BCUT2D eigenvalue weighted by atomic mass is 19.1. The van der Waals surface area contributed by atoms with Gasteiger partial charge in [-0.25, -0.2) is 4.39 Å². The number of piperidine rings is 1. The Morgan fingerprint density at radius 1 is 1.11 bits per heavy atom. The number of likely N-dealkylation sites (tertiary alicyclic amines) is 1. The molecule has 0 bridgehead atoms. The van der Waals surface area contributed by atoms with E-state index >= 15 is 0 Å². The maximum Gasteiger partial charge on any atom is 0.164 e. The van der Waals surface area contributed by atoms with Gasteiger partial charge in [0.15, 0.2) is 5.78 Å². The van der Waals surface area contributed by atoms with E-state index in [4.69, 9.17) is 0 Å². The van der Waals surface area contributed by atoms with Crippen LogP contribution in [0.5, 0.6) is 0 Å². The van der Waals surface area contributed by atoms with Gasteiger partial charge in [-0.3, -0.25) is 4.79 Å². The van der Waals surface area contributed by atoms with Crippen molar-refractivity contribution in [3.8, 4) is 0 Å². The quantitative estimate of drug-likeness (QED) is 0.760. The van der Waals surface area contributed by atoms with E-state index in [2.05, 4.69) is 39.9 Å². The molecule has 1 fully saturated rings. The van der Waals surface area contributed by atoms with Crippen molar-refractivity contribution in [2.75, 3.05) is 49.6 Å². The largest absolute Gasteiger partial charge is 0.371 e. The molecule has 5 rings (SSSR count). The third-order valence-corrected chi connectivity index (χ3v) is 6.70. The van der Waals surface area contributed by atoms with E-state index in [-0.39, 0.29) is 11.6 Å². The van der Waals surface area contributed by atoms with Gasteiger partial charge < -0.3 is 14.7 Å². The van der Waals surface area contributed by atoms with E-state index in [1.807, 2.05) is 0 Å². The van der Waals surface area contributed by atoms with E-state index in [1.54, 1.807) is 12.1 Å². The van der Waals surface area contributed by atoms with Gasteiger partial charge in [-0.15, -0.1) is 0 Å². The summed E-state index contributed by atoms with van der Waals surface area (Å²) < 4.78 is 13.1. The van der Waals surface area contributed by atoms with Crippen molar-refractivity contribution in [3.05, 3.63) is 59.4 Å². The van der Waals surface area contributed by atoms with Crippen LogP contribution in [0.2, 0.25) is 0 Å². The molecule has 146 valence electrons. The number of anilines is 2. The summed E-state index contributed by atoms with van der Waals surface area (Å²) >= 11 is 0. The topological polar surface area (TPSA) is 26.8 Å². The zero-order valence-electron chi connectivity index (χ0n) is 16.3. The smallest absolute Gasteiger partial charge is 0.164 e. The highest BCUT2D eigenvalue weighted by molar-refractivity contribution is 5.96. The number of fused-ring (bicyclic) bond motifs is 3. The minimum absolute atomic E-state index is 0.0948. The molecule has 2 aromatic carbocycles. The molecular weight excluding hydrogens is 353 g/mol. The number of likely N-dealkylation sites (N-methyl/N-ethyl adjacent to an activating group) is 1. The maximum absolute atomic E-state index is 13.1. The number of nitrogens with zero attached hydrogens (tertiary/aromatic N) is 3. The summed E-state index contributed by atoms with van der Waals surface area (Å²) in [6.07, 6.45) is 1.63. The molecule has 28 heavy (non-hydrogen) atoms. The van der Waals surface area contributed by atoms with Crippen LogP contribution in [0.15, 0.2) is 42.5 Å². The molecule has 0 spiro atoms. The Bertz CT molecular complexity index is 897. The van der Waals surface area contributed by atoms with Crippen LogP contribution in [-0.2, 0) is 0 Å². The fourth-order valence-corrected chi connectivity index (χ4v) is 5.22. The first kappa shape index (κ1) is 17.7. The average Bonchev–Trinajstić information content (AvgIpc) is 3.04. The Morgan fingerprint density at radius 2 is 1.93 bits per heavy atom. The molecule has 0 N–H and O–H groups in total. The fourth-order valence-electron chi connectivity index (χ4n) is 5.22. The van der Waals surface area contributed by atoms with E-state index in [1.165, 1.54) is 29.1 Å². The highest BCUT2D eigenvalue weighted by Crippen LogP contribution is 2.50. The number of ketones is 1. The number of rotatable bonds is 4. The molecule has 3 aliphatic rings. The van der Waals surface area contributed by atoms with Crippen LogP contribution in [0.4, 0.5) is 15.8 Å². The fraction of sp³-hybridized carbons (Fsp3) is 0.435. The zero-order valence-corrected chi connectivity index (χ0v) is 16.3. The number of carbonyl (C=O) groups is 1. The second-order valence-electron chi connectivity index (χ2n) is 8.27. The third kappa shape index (κ3) is 2.89. The molecule has 2 atom stereocenters. The lowest BCUT2D eigenvalue weighted by Crippen LogP contribution is -2.49. The van der Waals surface area contributed by atoms with Gasteiger partial charge in [0, 0.05) is 63.7 Å². The van der Waals surface area contributed by atoms with Crippen LogP contribution in [0, 0.1) is 5.82 Å². The summed E-state index contributed by atoms with van der Waals surface area (Å²) in [5.41, 5.74) is 4.88. The first-order valence-corrected chi connectivity index (χ1v) is 10.2. The molecule has 0 amide bonds. The van der Waals surface area contributed by atoms with Gasteiger partial charge in [0.05, 0.1) is 11.4 Å². The predicted octanol–water partition coefficient (Wildman–Crippen LogP) is 3.53. The minimum Gasteiger partial charge on any atom is -0.371 e. The van der Waals surface area contributed by atoms with Gasteiger partial charge in [-0.05, 0) is 42.3 Å². The molecule has 4 nitrogen and oxygen atoms in total. The summed E-state index contributed by atoms with van der Waals surface area (Å²) in [5, 5.41) is 0. The van der Waals surface area contributed by atoms with Crippen molar-refractivity contribution >= 4 is 17.2 Å². The number of hydrogen-bond donors (Lipinski definition) is 0. The maximum atomic E-state index is 13.1. The first-order chi connectivity index (χ1) is 13.6. The summed E-state index contributed by atoms with van der Waals surface area (Å²) in [5.74, 6) is 0.318. The molecule has 2 aromatic rings. The van der Waals surface area contributed by atoms with Crippen molar-refractivity contribution in [2.24, 2.45) is 0 Å². The molecular formula is C23H26FN3O. The monoisotopic (exact) mass is 379 g/mol. The number of carbonyl (C=O) groups excluding carboxylic acids is 1. The minimum atomic E-state index is -0.301. The van der Waals surface area contributed by atoms with Crippen molar-refractivity contribution in [3.63, 3.8) is 0 Å². The molecule has 0 aromatic heterocycles. The van der Waals surface area contributed by atoms with Gasteiger partial charge in [0.1, 0.15) is 5.82 Å². The second-order valence-corrected chi connectivity index (χ2v) is 8.27. The van der Waals surface area contributed by atoms with Gasteiger partial charge in [0.2, 0.25) is 0 Å². The Labute approximate surface area is 165 Å². The average molecular weight is 379 g/mol. The molecule has 3 aliphatic heterocycles. The Hall–Kier alpha value is -2.40. The SMILES string of the molecule is CN1CCN2c3c(cccc31)C1CN(CCC(=O)c3ccc(F)cc3)CCC12. The van der Waals surface area contributed by atoms with Crippen LogP contribution in [0.25, 0.3) is 0 Å². The molecule has 2 unspecified atom stereocenters. The highest BCUT2D eigenvalue weighted by Gasteiger charge is 2.44. The lowest BCUT2D eigenvalue weighted by atomic mass is 9.89. The normalized spacial score (nSPS) is 23.5. The Kier molecular flexibility index (Phi) is 4.35. The van der Waals surface area contributed by atoms with Crippen LogP contribution in [0.1, 0.15) is 34.7 Å². The van der Waals surface area contributed by atoms with Gasteiger partial charge in [0.25, 0.3) is 0 Å². The summed E-state index contributed by atoms with van der Waals surface area (Å²) in [4.78, 5) is 19.9. The molecule has 5 heteroatoms. The molecule has 1 saturated heterocycles. The summed E-state index contributed by atoms with van der Waals surface area (Å²) in [6, 6.07) is 13.2. The van der Waals surface area contributed by atoms with Crippen LogP contribution >= 0.6 is 0 Å². The Morgan fingerprint density at radius 3 is 2.75 bits per heavy atom. The van der Waals surface area contributed by atoms with Gasteiger partial charge in [-0.1, -0.05) is 12.1 Å². The van der Waals surface area contributed by atoms with Crippen LogP contribution < -0.4 is 9.80 Å². The lowest BCUT2D eigenvalue weighted by molar-refractivity contribution is 0.0952. The van der Waals surface area contributed by atoms with E-state index < -0.39 is 0 Å². The molecule has 3 heterocycles. The van der Waals surface area contributed by atoms with Gasteiger partial charge >= 0.3 is 0 Å². The number of para-hydroxylation sites is 1. The second kappa shape index (κ2) is 6.89. The van der Waals surface area contributed by atoms with Crippen LogP contribution in [-0.4, -0.2) is 56.5 Å². The Balaban J connectivity index is 1.29. The number of halogens is 1.